The summed E-state index contributed by atoms with van der Waals surface area (Å²) in [5.74, 6) is -2.32. The van der Waals surface area contributed by atoms with E-state index in [1.165, 1.54) is 6.92 Å². The van der Waals surface area contributed by atoms with Crippen LogP contribution in [0.25, 0.3) is 0 Å². The number of hydrogen-bond donors (Lipinski definition) is 0. The quantitative estimate of drug-likeness (QED) is 0.532. The van der Waals surface area contributed by atoms with Crippen molar-refractivity contribution in [3.8, 4) is 0 Å². The standard InChI is InChI=1S/C6H10O2.2C4H12N.C4H6O2/c1-3-4-5(2)6(7)8;2*1-5(2,3)4;1-3(2)4(5)6/h2-4H2,1H3,(H,7,8);2*1-4H3;1H2,2H3,(H,5,6)/q;2*+1;/p-2. The number of quaternary nitrogens is 2. The lowest BCUT2D eigenvalue weighted by molar-refractivity contribution is -0.849. The first-order valence-corrected chi connectivity index (χ1v) is 7.66. The van der Waals surface area contributed by atoms with Gasteiger partial charge in [-0.3, -0.25) is 0 Å². The minimum atomic E-state index is -1.19. The van der Waals surface area contributed by atoms with E-state index in [9.17, 15) is 19.8 Å². The highest BCUT2D eigenvalue weighted by atomic mass is 16.4. The normalized spacial score (nSPS) is 9.75. The molecule has 0 rings (SSSR count). The van der Waals surface area contributed by atoms with Gasteiger partial charge < -0.3 is 28.8 Å². The molecule has 0 unspecified atom stereocenters. The summed E-state index contributed by atoms with van der Waals surface area (Å²) in [6, 6.07) is 0. The Morgan fingerprint density at radius 1 is 0.792 bits per heavy atom. The number of nitrogens with zero attached hydrogens (tertiary/aromatic N) is 2. The van der Waals surface area contributed by atoms with Crippen LogP contribution in [-0.2, 0) is 9.59 Å². The molecule has 0 aromatic heterocycles. The lowest BCUT2D eigenvalue weighted by atomic mass is 10.2. The van der Waals surface area contributed by atoms with Gasteiger partial charge in [-0.1, -0.05) is 26.5 Å². The Kier molecular flexibility index (Phi) is 18.8. The van der Waals surface area contributed by atoms with E-state index < -0.39 is 11.9 Å². The van der Waals surface area contributed by atoms with Crippen molar-refractivity contribution in [2.45, 2.75) is 26.7 Å². The lowest BCUT2D eigenvalue weighted by Crippen LogP contribution is -2.27. The first-order chi connectivity index (χ1) is 10.3. The van der Waals surface area contributed by atoms with Gasteiger partial charge in [-0.15, -0.1) is 0 Å². The maximum atomic E-state index is 9.88. The molecule has 0 N–H and O–H groups in total. The second-order valence-electron chi connectivity index (χ2n) is 8.08. The van der Waals surface area contributed by atoms with Crippen LogP contribution < -0.4 is 10.2 Å². The number of carboxylic acids is 2. The Hall–Kier alpha value is -1.66. The second-order valence-corrected chi connectivity index (χ2v) is 8.08. The molecule has 0 aliphatic heterocycles. The SMILES string of the molecule is C=C(C)C(=O)[O-].C=C(CCC)C(=O)[O-].C[N+](C)(C)C.C[N+](C)(C)C. The van der Waals surface area contributed by atoms with Crippen molar-refractivity contribution in [3.05, 3.63) is 24.3 Å². The summed E-state index contributed by atoms with van der Waals surface area (Å²) in [6.07, 6.45) is 1.34. The first kappa shape index (κ1) is 30.2. The van der Waals surface area contributed by atoms with Crippen molar-refractivity contribution in [2.24, 2.45) is 0 Å². The number of carbonyl (C=O) groups is 2. The number of carbonyl (C=O) groups excluding carboxylic acids is 2. The third kappa shape index (κ3) is 87.2. The van der Waals surface area contributed by atoms with Crippen LogP contribution in [0.5, 0.6) is 0 Å². The summed E-state index contributed by atoms with van der Waals surface area (Å²) in [7, 11) is 17.0. The van der Waals surface area contributed by atoms with Gasteiger partial charge in [-0.05, 0) is 24.5 Å². The molecular formula is C18H38N2O4. The number of hydrogen-bond acceptors (Lipinski definition) is 4. The van der Waals surface area contributed by atoms with Crippen molar-refractivity contribution in [1.82, 2.24) is 0 Å². The molecule has 0 bridgehead atoms. The van der Waals surface area contributed by atoms with Crippen molar-refractivity contribution < 1.29 is 28.8 Å². The first-order valence-electron chi connectivity index (χ1n) is 7.66. The fourth-order valence-corrected chi connectivity index (χ4v) is 0.404. The maximum Gasteiger partial charge on any atom is 0.0675 e. The predicted octanol–water partition coefficient (Wildman–Crippen LogP) is 0.0498. The van der Waals surface area contributed by atoms with Crippen molar-refractivity contribution in [1.29, 1.82) is 0 Å². The summed E-state index contributed by atoms with van der Waals surface area (Å²) in [5.41, 5.74) is 0.252. The van der Waals surface area contributed by atoms with E-state index in [1.54, 1.807) is 0 Å². The number of aliphatic carboxylic acids is 2. The average molecular weight is 347 g/mol. The molecule has 0 aromatic carbocycles. The highest BCUT2D eigenvalue weighted by Crippen LogP contribution is 1.97. The molecule has 0 saturated carbocycles. The van der Waals surface area contributed by atoms with E-state index >= 15 is 0 Å². The van der Waals surface area contributed by atoms with Crippen LogP contribution in [0.2, 0.25) is 0 Å². The van der Waals surface area contributed by atoms with E-state index in [0.717, 1.165) is 15.4 Å². The van der Waals surface area contributed by atoms with Gasteiger partial charge in [0.05, 0.1) is 68.3 Å². The zero-order valence-corrected chi connectivity index (χ0v) is 17.4. The van der Waals surface area contributed by atoms with Gasteiger partial charge in [-0.25, -0.2) is 0 Å². The van der Waals surface area contributed by atoms with Gasteiger partial charge in [0.1, 0.15) is 0 Å². The number of carboxylic acid groups (broad SMARTS) is 2. The van der Waals surface area contributed by atoms with Gasteiger partial charge in [0, 0.05) is 0 Å². The second kappa shape index (κ2) is 14.9. The Bertz CT molecular complexity index is 353. The Labute approximate surface area is 148 Å². The smallest absolute Gasteiger partial charge is 0.0675 e. The largest absolute Gasteiger partial charge is 0.545 e. The molecule has 0 aliphatic rings. The summed E-state index contributed by atoms with van der Waals surface area (Å²) >= 11 is 0. The molecule has 0 amide bonds. The maximum absolute atomic E-state index is 9.88. The van der Waals surface area contributed by atoms with Gasteiger partial charge in [0.15, 0.2) is 0 Å². The average Bonchev–Trinajstić information content (AvgIpc) is 2.25. The van der Waals surface area contributed by atoms with E-state index in [4.69, 9.17) is 0 Å². The molecule has 0 fully saturated rings. The zero-order chi connectivity index (χ0) is 20.7. The monoisotopic (exact) mass is 346 g/mol. The van der Waals surface area contributed by atoms with Crippen molar-refractivity contribution in [2.75, 3.05) is 56.4 Å². The van der Waals surface area contributed by atoms with Gasteiger partial charge in [-0.2, -0.15) is 0 Å². The van der Waals surface area contributed by atoms with Crippen LogP contribution in [0.15, 0.2) is 24.3 Å². The lowest BCUT2D eigenvalue weighted by Gasteiger charge is -2.14. The topological polar surface area (TPSA) is 80.3 Å². The zero-order valence-electron chi connectivity index (χ0n) is 17.4. The highest BCUT2D eigenvalue weighted by Gasteiger charge is 1.89. The molecule has 6 nitrogen and oxygen atoms in total. The molecule has 0 saturated heterocycles. The van der Waals surface area contributed by atoms with Crippen molar-refractivity contribution in [3.63, 3.8) is 0 Å². The minimum Gasteiger partial charge on any atom is -0.545 e. The molecule has 0 heterocycles. The van der Waals surface area contributed by atoms with Crippen LogP contribution in [0.1, 0.15) is 26.7 Å². The molecule has 0 atom stereocenters. The number of rotatable bonds is 4. The summed E-state index contributed by atoms with van der Waals surface area (Å²) in [4.78, 5) is 19.4. The van der Waals surface area contributed by atoms with Crippen LogP contribution in [0.4, 0.5) is 0 Å². The van der Waals surface area contributed by atoms with Crippen molar-refractivity contribution >= 4 is 11.9 Å². The van der Waals surface area contributed by atoms with Gasteiger partial charge >= 0.3 is 0 Å². The van der Waals surface area contributed by atoms with E-state index in [0.29, 0.717) is 6.42 Å². The Morgan fingerprint density at radius 2 is 1.00 bits per heavy atom. The molecule has 24 heavy (non-hydrogen) atoms. The van der Waals surface area contributed by atoms with Gasteiger partial charge in [0.2, 0.25) is 0 Å². The highest BCUT2D eigenvalue weighted by molar-refractivity contribution is 5.83. The van der Waals surface area contributed by atoms with E-state index in [-0.39, 0.29) is 11.1 Å². The van der Waals surface area contributed by atoms with Crippen LogP contribution in [0, 0.1) is 0 Å². The molecule has 0 spiro atoms. The Morgan fingerprint density at radius 3 is 1.04 bits per heavy atom. The summed E-state index contributed by atoms with van der Waals surface area (Å²) < 4.78 is 2.00. The predicted molar refractivity (Wildman–Crippen MR) is 96.8 cm³/mol. The molecule has 6 heteroatoms. The molecule has 0 aromatic rings. The van der Waals surface area contributed by atoms with Gasteiger partial charge in [0.25, 0.3) is 0 Å². The molecule has 144 valence electrons. The molecule has 0 radical (unpaired) electrons. The summed E-state index contributed by atoms with van der Waals surface area (Å²) in [6.45, 7) is 9.66. The Balaban J connectivity index is -0.000000114. The molecule has 0 aliphatic carbocycles. The van der Waals surface area contributed by atoms with E-state index in [1.807, 2.05) is 6.92 Å². The minimum absolute atomic E-state index is 0.0648. The third-order valence-corrected chi connectivity index (χ3v) is 1.19. The fourth-order valence-electron chi connectivity index (χ4n) is 0.404. The van der Waals surface area contributed by atoms with Crippen LogP contribution in [0.3, 0.4) is 0 Å². The fraction of sp³-hybridized carbons (Fsp3) is 0.667. The van der Waals surface area contributed by atoms with Crippen LogP contribution in [-0.4, -0.2) is 77.3 Å². The van der Waals surface area contributed by atoms with E-state index in [2.05, 4.69) is 69.5 Å². The summed E-state index contributed by atoms with van der Waals surface area (Å²) in [5, 5.41) is 19.4. The molecular weight excluding hydrogens is 308 g/mol. The third-order valence-electron chi connectivity index (χ3n) is 1.19. The van der Waals surface area contributed by atoms with Crippen LogP contribution >= 0.6 is 0 Å².